The zero-order chi connectivity index (χ0) is 26.0. The molecule has 1 aromatic heterocycles. The first-order valence-corrected chi connectivity index (χ1v) is 13.4. The van der Waals surface area contributed by atoms with Crippen LogP contribution in [0.2, 0.25) is 5.02 Å². The third-order valence-electron chi connectivity index (χ3n) is 7.91. The lowest BCUT2D eigenvalue weighted by Gasteiger charge is -2.33. The fourth-order valence-corrected chi connectivity index (χ4v) is 6.00. The molecular weight excluding hydrogens is 503 g/mol. The normalized spacial score (nSPS) is 22.9. The number of nitrogens with one attached hydrogen (secondary N) is 1. The number of fused-ring (bicyclic) bond motifs is 1. The summed E-state index contributed by atoms with van der Waals surface area (Å²) in [4.78, 5) is 23.5. The van der Waals surface area contributed by atoms with E-state index in [9.17, 15) is 18.0 Å². The number of rotatable bonds is 7. The van der Waals surface area contributed by atoms with Gasteiger partial charge in [-0.15, -0.1) is 0 Å². The van der Waals surface area contributed by atoms with E-state index in [0.717, 1.165) is 69.3 Å². The molecule has 1 amide bonds. The van der Waals surface area contributed by atoms with Crippen molar-refractivity contribution in [3.63, 3.8) is 0 Å². The van der Waals surface area contributed by atoms with Gasteiger partial charge in [0.05, 0.1) is 5.56 Å². The van der Waals surface area contributed by atoms with Crippen LogP contribution in [0.1, 0.15) is 31.2 Å². The summed E-state index contributed by atoms with van der Waals surface area (Å²) in [7, 11) is 0. The van der Waals surface area contributed by atoms with Crippen molar-refractivity contribution in [3.05, 3.63) is 53.2 Å². The van der Waals surface area contributed by atoms with E-state index in [1.165, 1.54) is 11.8 Å². The number of amides is 1. The predicted molar refractivity (Wildman–Crippen MR) is 139 cm³/mol. The van der Waals surface area contributed by atoms with Gasteiger partial charge in [0.15, 0.2) is 0 Å². The average Bonchev–Trinajstić information content (AvgIpc) is 3.44. The van der Waals surface area contributed by atoms with Crippen LogP contribution in [-0.4, -0.2) is 72.5 Å². The molecule has 2 atom stereocenters. The van der Waals surface area contributed by atoms with Crippen LogP contribution in [-0.2, 0) is 11.0 Å². The Morgan fingerprint density at radius 3 is 2.27 bits per heavy atom. The van der Waals surface area contributed by atoms with Gasteiger partial charge in [-0.25, -0.2) is 4.98 Å². The first-order chi connectivity index (χ1) is 17.7. The summed E-state index contributed by atoms with van der Waals surface area (Å²) >= 11 is 6.02. The summed E-state index contributed by atoms with van der Waals surface area (Å²) < 4.78 is 38.1. The number of nitrogens with zero attached hydrogens (tertiary/aromatic N) is 4. The number of benzene rings is 1. The van der Waals surface area contributed by atoms with Crippen molar-refractivity contribution < 1.29 is 18.0 Å². The van der Waals surface area contributed by atoms with Crippen LogP contribution in [0.4, 0.5) is 24.7 Å². The van der Waals surface area contributed by atoms with Crippen LogP contribution in [0.15, 0.2) is 42.6 Å². The number of hydrogen-bond donors (Lipinski definition) is 1. The van der Waals surface area contributed by atoms with Crippen LogP contribution >= 0.6 is 11.6 Å². The number of pyridine rings is 1. The Hall–Kier alpha value is -2.52. The molecular formula is C27H33ClF3N5O. The highest BCUT2D eigenvalue weighted by Crippen LogP contribution is 2.34. The number of alkyl halides is 3. The highest BCUT2D eigenvalue weighted by molar-refractivity contribution is 6.30. The summed E-state index contributed by atoms with van der Waals surface area (Å²) in [5, 5.41) is 3.97. The number of likely N-dealkylation sites (tertiary alicyclic amines) is 2. The molecule has 3 aliphatic heterocycles. The van der Waals surface area contributed by atoms with Gasteiger partial charge in [-0.3, -0.25) is 4.79 Å². The lowest BCUT2D eigenvalue weighted by atomic mass is 10.0. The molecule has 6 nitrogen and oxygen atoms in total. The van der Waals surface area contributed by atoms with Crippen molar-refractivity contribution in [2.75, 3.05) is 56.0 Å². The van der Waals surface area contributed by atoms with E-state index in [1.54, 1.807) is 0 Å². The van der Waals surface area contributed by atoms with Gasteiger partial charge in [-0.1, -0.05) is 11.6 Å². The Morgan fingerprint density at radius 2 is 1.68 bits per heavy atom. The lowest BCUT2D eigenvalue weighted by Crippen LogP contribution is -2.42. The zero-order valence-electron chi connectivity index (χ0n) is 20.8. The third kappa shape index (κ3) is 6.49. The van der Waals surface area contributed by atoms with E-state index >= 15 is 0 Å². The smallest absolute Gasteiger partial charge is 0.371 e. The van der Waals surface area contributed by atoms with E-state index in [4.69, 9.17) is 11.6 Å². The topological polar surface area (TPSA) is 51.7 Å². The molecule has 3 fully saturated rings. The number of piperidine rings is 1. The summed E-state index contributed by atoms with van der Waals surface area (Å²) in [6.45, 7) is 6.61. The molecule has 3 saturated heterocycles. The van der Waals surface area contributed by atoms with Crippen LogP contribution in [0, 0.1) is 11.8 Å². The number of carbonyl (C=O) groups is 1. The van der Waals surface area contributed by atoms with Crippen molar-refractivity contribution in [1.29, 1.82) is 0 Å². The number of carbonyl (C=O) groups excluding carboxylic acids is 1. The predicted octanol–water partition coefficient (Wildman–Crippen LogP) is 5.01. The minimum Gasteiger partial charge on any atom is -0.371 e. The van der Waals surface area contributed by atoms with Crippen molar-refractivity contribution in [2.24, 2.45) is 11.8 Å². The molecule has 2 unspecified atom stereocenters. The highest BCUT2D eigenvalue weighted by atomic mass is 35.5. The summed E-state index contributed by atoms with van der Waals surface area (Å²) in [6.07, 6.45) is -0.593. The first-order valence-electron chi connectivity index (χ1n) is 13.0. The van der Waals surface area contributed by atoms with Gasteiger partial charge in [-0.05, 0) is 74.0 Å². The van der Waals surface area contributed by atoms with E-state index in [0.29, 0.717) is 37.2 Å². The summed E-state index contributed by atoms with van der Waals surface area (Å²) in [5.41, 5.74) is 0.487. The maximum Gasteiger partial charge on any atom is 0.417 e. The van der Waals surface area contributed by atoms with Gasteiger partial charge in [0.1, 0.15) is 5.82 Å². The number of hydrogen-bond acceptors (Lipinski definition) is 5. The molecule has 5 rings (SSSR count). The molecule has 200 valence electrons. The number of aromatic nitrogens is 1. The van der Waals surface area contributed by atoms with Gasteiger partial charge >= 0.3 is 6.18 Å². The maximum absolute atomic E-state index is 12.7. The maximum atomic E-state index is 12.7. The molecule has 37 heavy (non-hydrogen) atoms. The molecule has 0 radical (unpaired) electrons. The second-order valence-electron chi connectivity index (χ2n) is 10.5. The molecule has 0 bridgehead atoms. The van der Waals surface area contributed by atoms with Gasteiger partial charge < -0.3 is 20.0 Å². The molecule has 4 heterocycles. The number of anilines is 2. The standard InChI is InChI=1S/C27H33ClF3N5O/c28-22-4-6-24(7-5-22)36-17-19-15-34(16-20(19)18-36)11-1-2-26(37)35-12-9-23(10-13-35)33-25-8-3-21(14-32-25)27(29,30)31/h3-8,14,19-20,23H,1-2,9-13,15-18H2,(H,32,33). The van der Waals surface area contributed by atoms with Crippen molar-refractivity contribution in [1.82, 2.24) is 14.8 Å². The third-order valence-corrected chi connectivity index (χ3v) is 8.16. The molecule has 0 spiro atoms. The Bertz CT molecular complexity index is 1040. The van der Waals surface area contributed by atoms with Gasteiger partial charge in [0.25, 0.3) is 0 Å². The van der Waals surface area contributed by atoms with Crippen molar-refractivity contribution in [2.45, 2.75) is 37.9 Å². The molecule has 10 heteroatoms. The van der Waals surface area contributed by atoms with Gasteiger partial charge in [0.2, 0.25) is 5.91 Å². The van der Waals surface area contributed by atoms with Crippen molar-refractivity contribution in [3.8, 4) is 0 Å². The highest BCUT2D eigenvalue weighted by Gasteiger charge is 2.39. The van der Waals surface area contributed by atoms with E-state index in [2.05, 4.69) is 32.2 Å². The Balaban J connectivity index is 0.981. The quantitative estimate of drug-likeness (QED) is 0.540. The van der Waals surface area contributed by atoms with E-state index in [1.807, 2.05) is 17.0 Å². The minimum absolute atomic E-state index is 0.102. The van der Waals surface area contributed by atoms with Gasteiger partial charge in [0, 0.05) is 68.6 Å². The second kappa shape index (κ2) is 11.1. The largest absolute Gasteiger partial charge is 0.417 e. The van der Waals surface area contributed by atoms with Crippen LogP contribution < -0.4 is 10.2 Å². The SMILES string of the molecule is O=C(CCCN1CC2CN(c3ccc(Cl)cc3)CC2C1)N1CCC(Nc2ccc(C(F)(F)F)cn2)CC1. The molecule has 3 aliphatic rings. The number of halogens is 4. The first kappa shape index (κ1) is 26.1. The van der Waals surface area contributed by atoms with Crippen LogP contribution in [0.5, 0.6) is 0 Å². The Kier molecular flexibility index (Phi) is 7.81. The monoisotopic (exact) mass is 535 g/mol. The fourth-order valence-electron chi connectivity index (χ4n) is 5.88. The van der Waals surface area contributed by atoms with E-state index < -0.39 is 11.7 Å². The Morgan fingerprint density at radius 1 is 1.00 bits per heavy atom. The van der Waals surface area contributed by atoms with Crippen LogP contribution in [0.25, 0.3) is 0 Å². The Labute approximate surface area is 220 Å². The second-order valence-corrected chi connectivity index (χ2v) is 10.9. The molecule has 2 aromatic rings. The van der Waals surface area contributed by atoms with Crippen molar-refractivity contribution >= 4 is 29.0 Å². The minimum atomic E-state index is -4.38. The molecule has 1 aromatic carbocycles. The summed E-state index contributed by atoms with van der Waals surface area (Å²) in [6, 6.07) is 10.6. The molecule has 1 N–H and O–H groups in total. The van der Waals surface area contributed by atoms with Gasteiger partial charge in [-0.2, -0.15) is 13.2 Å². The fraction of sp³-hybridized carbons (Fsp3) is 0.556. The van der Waals surface area contributed by atoms with Crippen LogP contribution in [0.3, 0.4) is 0 Å². The zero-order valence-corrected chi connectivity index (χ0v) is 21.5. The summed E-state index contributed by atoms with van der Waals surface area (Å²) in [5.74, 6) is 1.98. The lowest BCUT2D eigenvalue weighted by molar-refractivity contribution is -0.137. The average molecular weight is 536 g/mol. The molecule has 0 saturated carbocycles. The molecule has 0 aliphatic carbocycles. The van der Waals surface area contributed by atoms with E-state index in [-0.39, 0.29) is 11.9 Å².